The number of allylic oxidation sites excluding steroid dienone is 3. The number of halogens is 1. The molecule has 3 fully saturated rings. The zero-order chi connectivity index (χ0) is 23.7. The largest absolute Gasteiger partial charge is 0.390 e. The Morgan fingerprint density at radius 1 is 1.16 bits per heavy atom. The lowest BCUT2D eigenvalue weighted by Gasteiger charge is -2.44. The average Bonchev–Trinajstić information content (AvgIpc) is 3.06. The zero-order valence-corrected chi connectivity index (χ0v) is 20.5. The number of alkyl halides is 1. The third-order valence-corrected chi connectivity index (χ3v) is 8.99. The van der Waals surface area contributed by atoms with Crippen LogP contribution in [0.15, 0.2) is 23.3 Å². The highest BCUT2D eigenvalue weighted by atomic mass is 19.1. The molecule has 32 heavy (non-hydrogen) atoms. The molecule has 3 aliphatic carbocycles. The molecule has 3 saturated carbocycles. The maximum absolute atomic E-state index is 13.2. The molecule has 3 unspecified atom stereocenters. The first-order valence-electron chi connectivity index (χ1n) is 12.7. The number of aliphatic hydroxyl groups excluding tert-OH is 2. The Hall–Kier alpha value is -0.750. The van der Waals surface area contributed by atoms with Gasteiger partial charge in [-0.15, -0.1) is 0 Å². The van der Waals surface area contributed by atoms with Crippen molar-refractivity contribution in [1.29, 1.82) is 0 Å². The number of rotatable bonds is 7. The van der Waals surface area contributed by atoms with E-state index in [1.807, 2.05) is 19.9 Å². The predicted octanol–water partition coefficient (Wildman–Crippen LogP) is 4.85. The van der Waals surface area contributed by atoms with Crippen LogP contribution in [0.3, 0.4) is 0 Å². The molecule has 6 atom stereocenters. The number of fused-ring (bicyclic) bond motifs is 1. The SMILES string of the molecule is C[C@@H](CCCC(C)(C)O)C1CCC2C(=CC=C3C[C@@H](O)C(O)(CF)[C@H](O)C3)CCCC21C. The Kier molecular flexibility index (Phi) is 7.96. The van der Waals surface area contributed by atoms with Crippen molar-refractivity contribution in [3.63, 3.8) is 0 Å². The van der Waals surface area contributed by atoms with E-state index >= 15 is 0 Å². The number of aliphatic hydroxyl groups is 4. The molecule has 0 amide bonds. The van der Waals surface area contributed by atoms with Crippen LogP contribution in [0.1, 0.15) is 91.9 Å². The lowest BCUT2D eigenvalue weighted by Crippen LogP contribution is -2.57. The minimum absolute atomic E-state index is 0.198. The van der Waals surface area contributed by atoms with Crippen LogP contribution in [0.4, 0.5) is 4.39 Å². The van der Waals surface area contributed by atoms with E-state index in [1.165, 1.54) is 31.3 Å². The summed E-state index contributed by atoms with van der Waals surface area (Å²) in [5, 5.41) is 40.6. The lowest BCUT2D eigenvalue weighted by atomic mass is 9.60. The van der Waals surface area contributed by atoms with Crippen molar-refractivity contribution in [3.8, 4) is 0 Å². The molecule has 0 bridgehead atoms. The molecule has 0 radical (unpaired) electrons. The van der Waals surface area contributed by atoms with Crippen molar-refractivity contribution in [1.82, 2.24) is 0 Å². The van der Waals surface area contributed by atoms with E-state index in [4.69, 9.17) is 0 Å². The Balaban J connectivity index is 1.68. The second-order valence-corrected chi connectivity index (χ2v) is 11.9. The highest BCUT2D eigenvalue weighted by Crippen LogP contribution is 2.60. The first-order chi connectivity index (χ1) is 14.9. The summed E-state index contributed by atoms with van der Waals surface area (Å²) in [6.45, 7) is 7.50. The Labute approximate surface area is 193 Å². The van der Waals surface area contributed by atoms with Crippen LogP contribution >= 0.6 is 0 Å². The molecular weight excluding hydrogens is 407 g/mol. The maximum Gasteiger partial charge on any atom is 0.145 e. The van der Waals surface area contributed by atoms with Gasteiger partial charge in [0, 0.05) is 0 Å². The standard InChI is InChI=1S/C27H45FO4/c1-18(7-5-13-25(2,3)31)21-11-12-22-20(8-6-14-26(21,22)4)10-9-19-15-23(29)27(32,17-28)24(30)16-19/h9-10,18,21-24,29-32H,5-8,11-17H2,1-4H3/t18-,21?,22?,23+,24+,26?,27?/m0/s1. The Morgan fingerprint density at radius 3 is 2.41 bits per heavy atom. The van der Waals surface area contributed by atoms with Crippen LogP contribution in [0.5, 0.6) is 0 Å². The summed E-state index contributed by atoms with van der Waals surface area (Å²) in [7, 11) is 0. The normalized spacial score (nSPS) is 40.4. The first-order valence-corrected chi connectivity index (χ1v) is 12.7. The number of hydrogen-bond donors (Lipinski definition) is 4. The zero-order valence-electron chi connectivity index (χ0n) is 20.5. The number of hydrogen-bond acceptors (Lipinski definition) is 4. The molecular formula is C27H45FO4. The van der Waals surface area contributed by atoms with Gasteiger partial charge in [-0.2, -0.15) is 0 Å². The van der Waals surface area contributed by atoms with E-state index in [2.05, 4.69) is 19.9 Å². The highest BCUT2D eigenvalue weighted by Gasteiger charge is 2.50. The van der Waals surface area contributed by atoms with Crippen molar-refractivity contribution in [2.45, 2.75) is 115 Å². The smallest absolute Gasteiger partial charge is 0.145 e. The van der Waals surface area contributed by atoms with E-state index in [0.29, 0.717) is 23.2 Å². The van der Waals surface area contributed by atoms with Crippen molar-refractivity contribution in [3.05, 3.63) is 23.3 Å². The Morgan fingerprint density at radius 2 is 1.81 bits per heavy atom. The molecule has 0 aromatic rings. The van der Waals surface area contributed by atoms with Gasteiger partial charge >= 0.3 is 0 Å². The Bertz CT molecular complexity index is 695. The average molecular weight is 453 g/mol. The van der Waals surface area contributed by atoms with Gasteiger partial charge in [-0.1, -0.05) is 50.0 Å². The van der Waals surface area contributed by atoms with E-state index in [9.17, 15) is 24.8 Å². The van der Waals surface area contributed by atoms with E-state index < -0.39 is 30.1 Å². The van der Waals surface area contributed by atoms with E-state index in [1.54, 1.807) is 0 Å². The topological polar surface area (TPSA) is 80.9 Å². The molecule has 5 heteroatoms. The van der Waals surface area contributed by atoms with Crippen molar-refractivity contribution < 1.29 is 24.8 Å². The molecule has 0 heterocycles. The highest BCUT2D eigenvalue weighted by molar-refractivity contribution is 5.27. The fourth-order valence-electron chi connectivity index (χ4n) is 6.97. The van der Waals surface area contributed by atoms with Gasteiger partial charge in [0.15, 0.2) is 0 Å². The van der Waals surface area contributed by atoms with Crippen LogP contribution in [-0.4, -0.2) is 50.5 Å². The predicted molar refractivity (Wildman–Crippen MR) is 126 cm³/mol. The summed E-state index contributed by atoms with van der Waals surface area (Å²) in [4.78, 5) is 0. The van der Waals surface area contributed by atoms with Crippen LogP contribution in [0.2, 0.25) is 0 Å². The molecule has 4 N–H and O–H groups in total. The molecule has 3 aliphatic rings. The molecule has 0 spiro atoms. The van der Waals surface area contributed by atoms with Crippen molar-refractivity contribution in [2.75, 3.05) is 6.67 Å². The second-order valence-electron chi connectivity index (χ2n) is 11.9. The van der Waals surface area contributed by atoms with Crippen molar-refractivity contribution >= 4 is 0 Å². The van der Waals surface area contributed by atoms with Gasteiger partial charge in [0.25, 0.3) is 0 Å². The molecule has 4 nitrogen and oxygen atoms in total. The summed E-state index contributed by atoms with van der Waals surface area (Å²) in [6, 6.07) is 0. The fraction of sp³-hybridized carbons (Fsp3) is 0.852. The van der Waals surface area contributed by atoms with Crippen LogP contribution in [0.25, 0.3) is 0 Å². The van der Waals surface area contributed by atoms with Crippen molar-refractivity contribution in [2.24, 2.45) is 23.2 Å². The molecule has 0 aromatic carbocycles. The van der Waals surface area contributed by atoms with E-state index in [-0.39, 0.29) is 12.8 Å². The monoisotopic (exact) mass is 452 g/mol. The van der Waals surface area contributed by atoms with Crippen LogP contribution in [0, 0.1) is 23.2 Å². The summed E-state index contributed by atoms with van der Waals surface area (Å²) >= 11 is 0. The molecule has 0 aliphatic heterocycles. The van der Waals surface area contributed by atoms with Gasteiger partial charge in [-0.3, -0.25) is 0 Å². The van der Waals surface area contributed by atoms with Gasteiger partial charge in [-0.25, -0.2) is 4.39 Å². The van der Waals surface area contributed by atoms with Gasteiger partial charge in [0.1, 0.15) is 12.3 Å². The maximum atomic E-state index is 13.2. The summed E-state index contributed by atoms with van der Waals surface area (Å²) in [5.74, 6) is 1.91. The van der Waals surface area contributed by atoms with E-state index in [0.717, 1.165) is 31.3 Å². The minimum atomic E-state index is -2.05. The summed E-state index contributed by atoms with van der Waals surface area (Å²) < 4.78 is 13.2. The second kappa shape index (κ2) is 9.85. The minimum Gasteiger partial charge on any atom is -0.390 e. The molecule has 0 aromatic heterocycles. The lowest BCUT2D eigenvalue weighted by molar-refractivity contribution is -0.165. The quantitative estimate of drug-likeness (QED) is 0.445. The first kappa shape index (κ1) is 25.9. The van der Waals surface area contributed by atoms with Gasteiger partial charge in [0.05, 0.1) is 17.8 Å². The van der Waals surface area contributed by atoms with Gasteiger partial charge < -0.3 is 20.4 Å². The summed E-state index contributed by atoms with van der Waals surface area (Å²) in [5.41, 5.74) is 0.00579. The molecule has 0 saturated heterocycles. The van der Waals surface area contributed by atoms with Gasteiger partial charge in [0.2, 0.25) is 0 Å². The molecule has 3 rings (SSSR count). The van der Waals surface area contributed by atoms with Gasteiger partial charge in [-0.05, 0) is 88.4 Å². The fourth-order valence-corrected chi connectivity index (χ4v) is 6.97. The third-order valence-electron chi connectivity index (χ3n) is 8.99. The van der Waals surface area contributed by atoms with Crippen LogP contribution < -0.4 is 0 Å². The summed E-state index contributed by atoms with van der Waals surface area (Å²) in [6.07, 6.45) is 11.1. The molecule has 184 valence electrons. The van der Waals surface area contributed by atoms with Crippen LogP contribution in [-0.2, 0) is 0 Å². The third kappa shape index (κ3) is 5.32.